The third-order valence-electron chi connectivity index (χ3n) is 4.37. The second-order valence-corrected chi connectivity index (χ2v) is 6.18. The zero-order chi connectivity index (χ0) is 15.6. The third-order valence-corrected chi connectivity index (χ3v) is 4.37. The van der Waals surface area contributed by atoms with E-state index in [0.29, 0.717) is 18.2 Å². The van der Waals surface area contributed by atoms with Gasteiger partial charge in [-0.15, -0.1) is 0 Å². The number of nitrogens with one attached hydrogen (secondary N) is 2. The molecule has 3 N–H and O–H groups in total. The van der Waals surface area contributed by atoms with Crippen LogP contribution in [0.3, 0.4) is 0 Å². The molecule has 114 valence electrons. The summed E-state index contributed by atoms with van der Waals surface area (Å²) in [5, 5.41) is 14.7. The first-order chi connectivity index (χ1) is 9.84. The van der Waals surface area contributed by atoms with Crippen LogP contribution in [0, 0.1) is 18.3 Å². The number of carbonyl (C=O) groups is 2. The van der Waals surface area contributed by atoms with Crippen molar-refractivity contribution in [3.8, 4) is 0 Å². The first-order valence-electron chi connectivity index (χ1n) is 7.23. The highest BCUT2D eigenvalue weighted by molar-refractivity contribution is 6.00. The van der Waals surface area contributed by atoms with E-state index in [0.717, 1.165) is 18.4 Å². The van der Waals surface area contributed by atoms with E-state index in [-0.39, 0.29) is 17.0 Å². The molecule has 0 spiro atoms. The van der Waals surface area contributed by atoms with Crippen LogP contribution < -0.4 is 10.6 Å². The summed E-state index contributed by atoms with van der Waals surface area (Å²) < 4.78 is 0. The Bertz CT molecular complexity index is 563. The van der Waals surface area contributed by atoms with Crippen LogP contribution in [0.25, 0.3) is 0 Å². The van der Waals surface area contributed by atoms with Gasteiger partial charge in [0.15, 0.2) is 0 Å². The first kappa shape index (κ1) is 15.4. The molecule has 1 saturated carbocycles. The van der Waals surface area contributed by atoms with E-state index in [2.05, 4.69) is 24.5 Å². The van der Waals surface area contributed by atoms with Gasteiger partial charge in [0.2, 0.25) is 0 Å². The van der Waals surface area contributed by atoms with Crippen LogP contribution >= 0.6 is 0 Å². The fourth-order valence-corrected chi connectivity index (χ4v) is 2.49. The Balaban J connectivity index is 1.99. The lowest BCUT2D eigenvalue weighted by Crippen LogP contribution is -2.35. The van der Waals surface area contributed by atoms with Gasteiger partial charge in [-0.2, -0.15) is 0 Å². The summed E-state index contributed by atoms with van der Waals surface area (Å²) in [7, 11) is 0. The molecule has 0 atom stereocenters. The molecule has 1 aromatic carbocycles. The van der Waals surface area contributed by atoms with Crippen LogP contribution in [-0.2, 0) is 0 Å². The fourth-order valence-electron chi connectivity index (χ4n) is 2.49. The molecule has 5 nitrogen and oxygen atoms in total. The molecule has 0 aromatic heterocycles. The van der Waals surface area contributed by atoms with E-state index >= 15 is 0 Å². The first-order valence-corrected chi connectivity index (χ1v) is 7.23. The molecule has 0 bridgehead atoms. The van der Waals surface area contributed by atoms with Crippen molar-refractivity contribution in [2.45, 2.75) is 33.6 Å². The van der Waals surface area contributed by atoms with Gasteiger partial charge in [0.1, 0.15) is 0 Å². The number of rotatable bonds is 5. The lowest BCUT2D eigenvalue weighted by molar-refractivity contribution is 0.0698. The van der Waals surface area contributed by atoms with Crippen LogP contribution in [0.15, 0.2) is 18.2 Å². The molecule has 2 amide bonds. The molecule has 0 heterocycles. The van der Waals surface area contributed by atoms with Crippen LogP contribution in [0.2, 0.25) is 0 Å². The van der Waals surface area contributed by atoms with Crippen LogP contribution in [-0.4, -0.2) is 23.7 Å². The topological polar surface area (TPSA) is 78.4 Å². The summed E-state index contributed by atoms with van der Waals surface area (Å²) in [6.45, 7) is 6.77. The normalized spacial score (nSPS) is 15.6. The van der Waals surface area contributed by atoms with Crippen molar-refractivity contribution in [1.82, 2.24) is 5.32 Å². The second kappa shape index (κ2) is 5.76. The molecule has 0 unspecified atom stereocenters. The smallest absolute Gasteiger partial charge is 0.337 e. The number of urea groups is 1. The van der Waals surface area contributed by atoms with Crippen LogP contribution in [0.4, 0.5) is 10.5 Å². The van der Waals surface area contributed by atoms with E-state index in [9.17, 15) is 14.7 Å². The Morgan fingerprint density at radius 1 is 1.33 bits per heavy atom. The average Bonchev–Trinajstić information content (AvgIpc) is 3.19. The lowest BCUT2D eigenvalue weighted by atomic mass is 9.92. The molecule has 0 aliphatic heterocycles. The maximum absolute atomic E-state index is 12.0. The van der Waals surface area contributed by atoms with Crippen molar-refractivity contribution >= 4 is 17.7 Å². The monoisotopic (exact) mass is 290 g/mol. The number of carbonyl (C=O) groups excluding carboxylic acids is 1. The minimum absolute atomic E-state index is 0.107. The molecule has 2 rings (SSSR count). The van der Waals surface area contributed by atoms with Crippen molar-refractivity contribution < 1.29 is 14.7 Å². The number of benzene rings is 1. The highest BCUT2D eigenvalue weighted by Gasteiger charge is 2.45. The molecule has 1 aliphatic carbocycles. The third kappa shape index (κ3) is 3.54. The highest BCUT2D eigenvalue weighted by Crippen LogP contribution is 2.51. The molecule has 1 aromatic rings. The Labute approximate surface area is 124 Å². The Hall–Kier alpha value is -2.04. The predicted octanol–water partition coefficient (Wildman–Crippen LogP) is 3.25. The molecule has 0 radical (unpaired) electrons. The van der Waals surface area contributed by atoms with Gasteiger partial charge in [-0.05, 0) is 43.2 Å². The van der Waals surface area contributed by atoms with Gasteiger partial charge < -0.3 is 15.7 Å². The molecular formula is C16H22N2O3. The quantitative estimate of drug-likeness (QED) is 0.779. The largest absolute Gasteiger partial charge is 0.478 e. The summed E-state index contributed by atoms with van der Waals surface area (Å²) in [4.78, 5) is 23.2. The van der Waals surface area contributed by atoms with Crippen molar-refractivity contribution in [2.75, 3.05) is 11.9 Å². The number of hydrogen-bond acceptors (Lipinski definition) is 2. The molecule has 1 fully saturated rings. The maximum atomic E-state index is 12.0. The summed E-state index contributed by atoms with van der Waals surface area (Å²) >= 11 is 0. The molecule has 1 aliphatic rings. The minimum Gasteiger partial charge on any atom is -0.478 e. The van der Waals surface area contributed by atoms with Crippen molar-refractivity contribution in [3.63, 3.8) is 0 Å². The van der Waals surface area contributed by atoms with Crippen molar-refractivity contribution in [1.29, 1.82) is 0 Å². The van der Waals surface area contributed by atoms with E-state index in [1.165, 1.54) is 0 Å². The van der Waals surface area contributed by atoms with Gasteiger partial charge in [0.05, 0.1) is 11.3 Å². The highest BCUT2D eigenvalue weighted by atomic mass is 16.4. The van der Waals surface area contributed by atoms with E-state index in [4.69, 9.17) is 0 Å². The fraction of sp³-hybridized carbons (Fsp3) is 0.500. The molecule has 0 saturated heterocycles. The SMILES string of the molecule is Cc1ccc(NC(=O)NCC2(C(C)C)CC2)c(C(=O)O)c1. The number of carboxylic acid groups (broad SMARTS) is 1. The number of carboxylic acids is 1. The number of aryl methyl sites for hydroxylation is 1. The van der Waals surface area contributed by atoms with Gasteiger partial charge in [0, 0.05) is 6.54 Å². The zero-order valence-electron chi connectivity index (χ0n) is 12.7. The summed E-state index contributed by atoms with van der Waals surface area (Å²) in [6, 6.07) is 4.59. The number of hydrogen-bond donors (Lipinski definition) is 3. The van der Waals surface area contributed by atoms with Gasteiger partial charge >= 0.3 is 12.0 Å². The van der Waals surface area contributed by atoms with Gasteiger partial charge in [-0.1, -0.05) is 25.5 Å². The minimum atomic E-state index is -1.05. The van der Waals surface area contributed by atoms with Crippen molar-refractivity contribution in [3.05, 3.63) is 29.3 Å². The second-order valence-electron chi connectivity index (χ2n) is 6.18. The van der Waals surface area contributed by atoms with Gasteiger partial charge in [-0.25, -0.2) is 9.59 Å². The average molecular weight is 290 g/mol. The summed E-state index contributed by atoms with van der Waals surface area (Å²) in [5.74, 6) is -0.512. The zero-order valence-corrected chi connectivity index (χ0v) is 12.7. The van der Waals surface area contributed by atoms with E-state index in [1.54, 1.807) is 18.2 Å². The van der Waals surface area contributed by atoms with E-state index < -0.39 is 5.97 Å². The Morgan fingerprint density at radius 3 is 2.52 bits per heavy atom. The summed E-state index contributed by atoms with van der Waals surface area (Å²) in [6.07, 6.45) is 2.27. The van der Waals surface area contributed by atoms with Crippen LogP contribution in [0.5, 0.6) is 0 Å². The maximum Gasteiger partial charge on any atom is 0.337 e. The lowest BCUT2D eigenvalue weighted by Gasteiger charge is -2.20. The molecule has 21 heavy (non-hydrogen) atoms. The molecule has 5 heteroatoms. The standard InChI is InChI=1S/C16H22N2O3/c1-10(2)16(6-7-16)9-17-15(21)18-13-5-4-11(3)8-12(13)14(19)20/h4-5,8,10H,6-7,9H2,1-3H3,(H,19,20)(H2,17,18,21). The van der Waals surface area contributed by atoms with Gasteiger partial charge in [0.25, 0.3) is 0 Å². The predicted molar refractivity (Wildman–Crippen MR) is 81.7 cm³/mol. The van der Waals surface area contributed by atoms with Crippen molar-refractivity contribution in [2.24, 2.45) is 11.3 Å². The number of amides is 2. The summed E-state index contributed by atoms with van der Waals surface area (Å²) in [5.41, 5.74) is 1.49. The van der Waals surface area contributed by atoms with Gasteiger partial charge in [-0.3, -0.25) is 0 Å². The van der Waals surface area contributed by atoms with Crippen LogP contribution in [0.1, 0.15) is 42.6 Å². The Kier molecular flexibility index (Phi) is 4.21. The molecular weight excluding hydrogens is 268 g/mol. The Morgan fingerprint density at radius 2 is 2.00 bits per heavy atom. The number of aromatic carboxylic acids is 1. The van der Waals surface area contributed by atoms with E-state index in [1.807, 2.05) is 6.92 Å². The number of anilines is 1.